The fourth-order valence-electron chi connectivity index (χ4n) is 4.97. The maximum atomic E-state index is 9.59. The molecule has 2 rings (SSSR count). The molecule has 0 bridgehead atoms. The fourth-order valence-corrected chi connectivity index (χ4v) is 17.5. The first-order valence-electron chi connectivity index (χ1n) is 9.84. The van der Waals surface area contributed by atoms with Crippen molar-refractivity contribution in [2.45, 2.75) is 65.0 Å². The molecule has 0 aliphatic heterocycles. The van der Waals surface area contributed by atoms with Crippen LogP contribution in [-0.4, -0.2) is 49.1 Å². The molecule has 152 valence electrons. The van der Waals surface area contributed by atoms with E-state index in [4.69, 9.17) is 23.2 Å². The Morgan fingerprint density at radius 2 is 1.11 bits per heavy atom. The predicted octanol–water partition coefficient (Wildman–Crippen LogP) is 4.98. The summed E-state index contributed by atoms with van der Waals surface area (Å²) in [6.07, 6.45) is 1.73. The number of aliphatic hydroxyl groups is 2. The molecule has 0 aromatic carbocycles. The number of hydrogen-bond acceptors (Lipinski definition) is 2. The number of aliphatic hydroxyl groups excluding tert-OH is 2. The van der Waals surface area contributed by atoms with Crippen molar-refractivity contribution in [3.05, 3.63) is 42.0 Å². The Morgan fingerprint density at radius 1 is 0.778 bits per heavy atom. The van der Waals surface area contributed by atoms with Crippen LogP contribution in [0.3, 0.4) is 0 Å². The summed E-state index contributed by atoms with van der Waals surface area (Å²) in [6, 6.07) is 1.75. The second-order valence-corrected chi connectivity index (χ2v) is 21.5. The highest BCUT2D eigenvalue weighted by Crippen LogP contribution is 2.45. The predicted molar refractivity (Wildman–Crippen MR) is 128 cm³/mol. The van der Waals surface area contributed by atoms with E-state index in [1.165, 1.54) is 31.9 Å². The molecule has 0 unspecified atom stereocenters. The lowest BCUT2D eigenvalue weighted by atomic mass is 10.3. The van der Waals surface area contributed by atoms with E-state index in [1.807, 2.05) is 0 Å². The van der Waals surface area contributed by atoms with E-state index >= 15 is 0 Å². The summed E-state index contributed by atoms with van der Waals surface area (Å²) in [7, 11) is -4.24. The third-order valence-corrected chi connectivity index (χ3v) is 17.4. The van der Waals surface area contributed by atoms with Crippen molar-refractivity contribution in [2.75, 3.05) is 13.2 Å². The Labute approximate surface area is 178 Å². The van der Waals surface area contributed by atoms with Crippen LogP contribution < -0.4 is 0 Å². The van der Waals surface area contributed by atoms with Crippen molar-refractivity contribution in [3.63, 3.8) is 0 Å². The molecule has 2 N–H and O–H groups in total. The molecule has 0 atom stereocenters. The SMILES string of the molecule is CC1=C([Si](C)(C)CCO)C([SiH2]C2=C(Cl)CC(C)=C2[Si](C)(C)CCO)=C(Cl)C1. The summed E-state index contributed by atoms with van der Waals surface area (Å²) < 4.78 is 0. The average Bonchev–Trinajstić information content (AvgIpc) is 2.96. The molecule has 7 heteroatoms. The van der Waals surface area contributed by atoms with E-state index in [-0.39, 0.29) is 13.2 Å². The normalized spacial score (nSPS) is 19.3. The van der Waals surface area contributed by atoms with Gasteiger partial charge in [-0.1, -0.05) is 70.9 Å². The number of halogens is 2. The molecule has 0 amide bonds. The van der Waals surface area contributed by atoms with Gasteiger partial charge in [-0.2, -0.15) is 0 Å². The highest BCUT2D eigenvalue weighted by atomic mass is 35.5. The molecule has 2 aliphatic rings. The van der Waals surface area contributed by atoms with E-state index < -0.39 is 25.7 Å². The van der Waals surface area contributed by atoms with E-state index in [9.17, 15) is 10.2 Å². The summed E-state index contributed by atoms with van der Waals surface area (Å²) in [5.41, 5.74) is 2.80. The minimum atomic E-state index is -1.72. The molecule has 0 radical (unpaired) electrons. The van der Waals surface area contributed by atoms with Crippen molar-refractivity contribution in [2.24, 2.45) is 0 Å². The molecular weight excluding hydrogens is 427 g/mol. The van der Waals surface area contributed by atoms with Gasteiger partial charge in [-0.3, -0.25) is 0 Å². The number of allylic oxidation sites excluding steroid dienone is 8. The molecule has 0 aromatic rings. The van der Waals surface area contributed by atoms with Crippen LogP contribution in [0.15, 0.2) is 42.0 Å². The molecule has 2 aliphatic carbocycles. The van der Waals surface area contributed by atoms with Gasteiger partial charge in [-0.05, 0) is 36.3 Å². The van der Waals surface area contributed by atoms with Gasteiger partial charge in [-0.15, -0.1) is 0 Å². The van der Waals surface area contributed by atoms with E-state index in [1.54, 1.807) is 0 Å². The lowest BCUT2D eigenvalue weighted by Crippen LogP contribution is -2.35. The van der Waals surface area contributed by atoms with Crippen LogP contribution in [0.4, 0.5) is 0 Å². The minimum Gasteiger partial charge on any atom is -0.397 e. The Bertz CT molecular complexity index is 684. The van der Waals surface area contributed by atoms with Gasteiger partial charge < -0.3 is 10.2 Å². The minimum absolute atomic E-state index is 0.243. The molecule has 0 fully saturated rings. The van der Waals surface area contributed by atoms with Crippen LogP contribution in [0.2, 0.25) is 38.3 Å². The summed E-state index contributed by atoms with van der Waals surface area (Å²) in [5, 5.41) is 27.0. The molecule has 0 aromatic heterocycles. The molecule has 0 spiro atoms. The van der Waals surface area contributed by atoms with Crippen LogP contribution >= 0.6 is 23.2 Å². The molecule has 2 nitrogen and oxygen atoms in total. The second kappa shape index (κ2) is 8.86. The molecule has 0 saturated heterocycles. The Morgan fingerprint density at radius 3 is 1.41 bits per heavy atom. The molecule has 0 heterocycles. The van der Waals surface area contributed by atoms with Crippen LogP contribution in [0.5, 0.6) is 0 Å². The summed E-state index contributed by atoms with van der Waals surface area (Å²) in [6.45, 7) is 14.3. The summed E-state index contributed by atoms with van der Waals surface area (Å²) in [4.78, 5) is 0. The van der Waals surface area contributed by atoms with Gasteiger partial charge in [0, 0.05) is 36.1 Å². The van der Waals surface area contributed by atoms with Crippen LogP contribution in [0.25, 0.3) is 0 Å². The quantitative estimate of drug-likeness (QED) is 0.501. The van der Waals surface area contributed by atoms with Gasteiger partial charge in [0.1, 0.15) is 0 Å². The second-order valence-electron chi connectivity index (χ2n) is 9.32. The topological polar surface area (TPSA) is 40.5 Å². The van der Waals surface area contributed by atoms with Crippen molar-refractivity contribution in [3.8, 4) is 0 Å². The van der Waals surface area contributed by atoms with Crippen LogP contribution in [0, 0.1) is 0 Å². The smallest absolute Gasteiger partial charge is 0.0902 e. The van der Waals surface area contributed by atoms with Gasteiger partial charge in [0.2, 0.25) is 0 Å². The van der Waals surface area contributed by atoms with Gasteiger partial charge in [-0.25, -0.2) is 0 Å². The molecule has 27 heavy (non-hydrogen) atoms. The zero-order valence-electron chi connectivity index (χ0n) is 17.6. The first-order valence-corrected chi connectivity index (χ1v) is 18.4. The van der Waals surface area contributed by atoms with Gasteiger partial charge in [0.25, 0.3) is 0 Å². The molecular formula is C20H34Cl2O2Si3. The van der Waals surface area contributed by atoms with Gasteiger partial charge >= 0.3 is 0 Å². The summed E-state index contributed by atoms with van der Waals surface area (Å²) >= 11 is 13.6. The lowest BCUT2D eigenvalue weighted by molar-refractivity contribution is 0.316. The van der Waals surface area contributed by atoms with Gasteiger partial charge in [0.05, 0.1) is 25.7 Å². The Hall–Kier alpha value is 0.111. The molecule has 0 saturated carbocycles. The van der Waals surface area contributed by atoms with Crippen LogP contribution in [0.1, 0.15) is 26.7 Å². The van der Waals surface area contributed by atoms with E-state index in [2.05, 4.69) is 40.0 Å². The van der Waals surface area contributed by atoms with Crippen molar-refractivity contribution < 1.29 is 10.2 Å². The third-order valence-electron chi connectivity index (χ3n) is 6.13. The average molecular weight is 462 g/mol. The zero-order valence-corrected chi connectivity index (χ0v) is 22.5. The zero-order chi connectivity index (χ0) is 20.6. The standard InChI is InChI=1S/C20H34Cl2O2Si3/c1-13-11-15(21)17(19(13)26(3,4)9-7-23)25-18-16(22)12-14(2)20(18)27(5,6)10-8-24/h23-24H,7-12,25H2,1-6H3. The van der Waals surface area contributed by atoms with E-state index in [0.717, 1.165) is 35.0 Å². The fraction of sp³-hybridized carbons (Fsp3) is 0.600. The number of hydrogen-bond donors (Lipinski definition) is 2. The van der Waals surface area contributed by atoms with Crippen molar-refractivity contribution in [1.82, 2.24) is 0 Å². The lowest BCUT2D eigenvalue weighted by Gasteiger charge is -2.30. The first kappa shape index (κ1) is 23.4. The first-order chi connectivity index (χ1) is 12.5. The highest BCUT2D eigenvalue weighted by Gasteiger charge is 2.38. The highest BCUT2D eigenvalue weighted by molar-refractivity contribution is 6.90. The van der Waals surface area contributed by atoms with Crippen molar-refractivity contribution in [1.29, 1.82) is 0 Å². The maximum Gasteiger partial charge on any atom is 0.0902 e. The Balaban J connectivity index is 2.45. The maximum absolute atomic E-state index is 9.59. The van der Waals surface area contributed by atoms with E-state index in [0.29, 0.717) is 0 Å². The Kier molecular flexibility index (Phi) is 7.67. The third kappa shape index (κ3) is 4.82. The van der Waals surface area contributed by atoms with Crippen molar-refractivity contribution >= 4 is 48.9 Å². The van der Waals surface area contributed by atoms with Crippen LogP contribution in [-0.2, 0) is 0 Å². The monoisotopic (exact) mass is 460 g/mol. The van der Waals surface area contributed by atoms with Gasteiger partial charge in [0.15, 0.2) is 0 Å². The number of rotatable bonds is 8. The summed E-state index contributed by atoms with van der Waals surface area (Å²) in [5.74, 6) is 0. The largest absolute Gasteiger partial charge is 0.397 e.